The molecule has 0 spiro atoms. The van der Waals surface area contributed by atoms with Crippen molar-refractivity contribution in [3.63, 3.8) is 0 Å². The zero-order valence-corrected chi connectivity index (χ0v) is 14.8. The van der Waals surface area contributed by atoms with Crippen LogP contribution in [0.4, 0.5) is 0 Å². The Labute approximate surface area is 146 Å². The van der Waals surface area contributed by atoms with Crippen LogP contribution in [0, 0.1) is 13.8 Å². The Morgan fingerprint density at radius 2 is 1.91 bits per heavy atom. The summed E-state index contributed by atoms with van der Waals surface area (Å²) in [5.74, 6) is 0.232. The molecule has 23 heavy (non-hydrogen) atoms. The van der Waals surface area contributed by atoms with Crippen molar-refractivity contribution in [2.75, 3.05) is 6.61 Å². The lowest BCUT2D eigenvalue weighted by atomic mass is 10.00. The Bertz CT molecular complexity index is 716. The first kappa shape index (κ1) is 17.6. The number of carbonyl (C=O) groups is 1. The number of benzene rings is 2. The van der Waals surface area contributed by atoms with Gasteiger partial charge in [0.05, 0.1) is 11.1 Å². The van der Waals surface area contributed by atoms with Gasteiger partial charge in [-0.15, -0.1) is 0 Å². The smallest absolute Gasteiger partial charge is 0.258 e. The van der Waals surface area contributed by atoms with Crippen LogP contribution in [0.1, 0.15) is 29.7 Å². The predicted molar refractivity (Wildman–Crippen MR) is 94.4 cm³/mol. The van der Waals surface area contributed by atoms with E-state index in [4.69, 9.17) is 27.9 Å². The Morgan fingerprint density at radius 1 is 1.17 bits per heavy atom. The standard InChI is InChI=1S/C18H19Cl2NO2/c1-11-4-5-12(2)15(8-11)13(3)21-18(22)10-23-17-7-6-14(19)9-16(17)20/h4-9,13H,10H2,1-3H3,(H,21,22)/t13-/m1/s1. The van der Waals surface area contributed by atoms with Gasteiger partial charge in [-0.1, -0.05) is 47.0 Å². The van der Waals surface area contributed by atoms with E-state index in [-0.39, 0.29) is 18.6 Å². The molecule has 0 heterocycles. The van der Waals surface area contributed by atoms with E-state index in [1.807, 2.05) is 20.8 Å². The fraction of sp³-hybridized carbons (Fsp3) is 0.278. The highest BCUT2D eigenvalue weighted by Gasteiger charge is 2.13. The molecule has 0 saturated carbocycles. The SMILES string of the molecule is Cc1ccc(C)c([C@@H](C)NC(=O)COc2ccc(Cl)cc2Cl)c1. The highest BCUT2D eigenvalue weighted by Crippen LogP contribution is 2.27. The zero-order chi connectivity index (χ0) is 17.0. The molecule has 0 aliphatic carbocycles. The third-order valence-electron chi connectivity index (χ3n) is 3.53. The van der Waals surface area contributed by atoms with Crippen LogP contribution in [0.15, 0.2) is 36.4 Å². The molecule has 2 aromatic rings. The third kappa shape index (κ3) is 4.88. The van der Waals surface area contributed by atoms with Gasteiger partial charge in [-0.2, -0.15) is 0 Å². The number of rotatable bonds is 5. The number of ether oxygens (including phenoxy) is 1. The summed E-state index contributed by atoms with van der Waals surface area (Å²) in [4.78, 5) is 12.1. The molecule has 1 N–H and O–H groups in total. The lowest BCUT2D eigenvalue weighted by Gasteiger charge is -2.17. The lowest BCUT2D eigenvalue weighted by molar-refractivity contribution is -0.123. The molecule has 0 fully saturated rings. The van der Waals surface area contributed by atoms with Crippen LogP contribution in [0.3, 0.4) is 0 Å². The summed E-state index contributed by atoms with van der Waals surface area (Å²) < 4.78 is 5.44. The number of aryl methyl sites for hydroxylation is 2. The van der Waals surface area contributed by atoms with Gasteiger partial charge in [-0.3, -0.25) is 4.79 Å². The molecule has 5 heteroatoms. The summed E-state index contributed by atoms with van der Waals surface area (Å²) in [6, 6.07) is 11.0. The van der Waals surface area contributed by atoms with E-state index in [1.54, 1.807) is 18.2 Å². The summed E-state index contributed by atoms with van der Waals surface area (Å²) in [7, 11) is 0. The van der Waals surface area contributed by atoms with Crippen LogP contribution in [-0.4, -0.2) is 12.5 Å². The number of hydrogen-bond acceptors (Lipinski definition) is 2. The fourth-order valence-electron chi connectivity index (χ4n) is 2.32. The van der Waals surface area contributed by atoms with Crippen molar-refractivity contribution in [1.29, 1.82) is 0 Å². The highest BCUT2D eigenvalue weighted by molar-refractivity contribution is 6.35. The maximum Gasteiger partial charge on any atom is 0.258 e. The molecule has 0 radical (unpaired) electrons. The molecule has 0 unspecified atom stereocenters. The minimum atomic E-state index is -0.204. The van der Waals surface area contributed by atoms with Crippen LogP contribution in [0.25, 0.3) is 0 Å². The van der Waals surface area contributed by atoms with E-state index in [9.17, 15) is 4.79 Å². The fourth-order valence-corrected chi connectivity index (χ4v) is 2.79. The van der Waals surface area contributed by atoms with E-state index in [2.05, 4.69) is 23.5 Å². The molecule has 2 rings (SSSR count). The zero-order valence-electron chi connectivity index (χ0n) is 13.3. The average Bonchev–Trinajstić information content (AvgIpc) is 2.48. The Kier molecular flexibility index (Phi) is 5.91. The molecule has 0 bridgehead atoms. The number of hydrogen-bond donors (Lipinski definition) is 1. The third-order valence-corrected chi connectivity index (χ3v) is 4.06. The van der Waals surface area contributed by atoms with Crippen LogP contribution < -0.4 is 10.1 Å². The van der Waals surface area contributed by atoms with E-state index in [0.29, 0.717) is 15.8 Å². The maximum atomic E-state index is 12.1. The molecule has 1 atom stereocenters. The minimum Gasteiger partial charge on any atom is -0.482 e. The second kappa shape index (κ2) is 7.71. The van der Waals surface area contributed by atoms with Gasteiger partial charge in [0.25, 0.3) is 5.91 Å². The molecule has 3 nitrogen and oxygen atoms in total. The number of halogens is 2. The van der Waals surface area contributed by atoms with Gasteiger partial charge < -0.3 is 10.1 Å². The van der Waals surface area contributed by atoms with Crippen molar-refractivity contribution in [3.05, 3.63) is 63.1 Å². The second-order valence-electron chi connectivity index (χ2n) is 5.51. The summed E-state index contributed by atoms with van der Waals surface area (Å²) in [6.45, 7) is 5.91. The van der Waals surface area contributed by atoms with Crippen molar-refractivity contribution in [3.8, 4) is 5.75 Å². The highest BCUT2D eigenvalue weighted by atomic mass is 35.5. The van der Waals surface area contributed by atoms with Crippen LogP contribution in [0.2, 0.25) is 10.0 Å². The van der Waals surface area contributed by atoms with Gasteiger partial charge in [0.1, 0.15) is 5.75 Å². The molecule has 0 saturated heterocycles. The van der Waals surface area contributed by atoms with Crippen LogP contribution >= 0.6 is 23.2 Å². The second-order valence-corrected chi connectivity index (χ2v) is 6.36. The van der Waals surface area contributed by atoms with E-state index < -0.39 is 0 Å². The monoisotopic (exact) mass is 351 g/mol. The largest absolute Gasteiger partial charge is 0.482 e. The van der Waals surface area contributed by atoms with Gasteiger partial charge >= 0.3 is 0 Å². The van der Waals surface area contributed by atoms with Gasteiger partial charge in [0.2, 0.25) is 0 Å². The summed E-state index contributed by atoms with van der Waals surface area (Å²) in [6.07, 6.45) is 0. The van der Waals surface area contributed by atoms with E-state index >= 15 is 0 Å². The minimum absolute atomic E-state index is 0.0910. The quantitative estimate of drug-likeness (QED) is 0.834. The van der Waals surface area contributed by atoms with E-state index in [1.165, 1.54) is 0 Å². The molecule has 122 valence electrons. The number of nitrogens with one attached hydrogen (secondary N) is 1. The van der Waals surface area contributed by atoms with Gasteiger partial charge in [-0.25, -0.2) is 0 Å². The predicted octanol–water partition coefficient (Wildman–Crippen LogP) is 4.87. The van der Waals surface area contributed by atoms with Gasteiger partial charge in [0, 0.05) is 5.02 Å². The summed E-state index contributed by atoms with van der Waals surface area (Å²) >= 11 is 11.8. The van der Waals surface area contributed by atoms with Crippen molar-refractivity contribution in [2.24, 2.45) is 0 Å². The first-order valence-corrected chi connectivity index (χ1v) is 8.07. The maximum absolute atomic E-state index is 12.1. The topological polar surface area (TPSA) is 38.3 Å². The van der Waals surface area contributed by atoms with Gasteiger partial charge in [-0.05, 0) is 50.1 Å². The molecule has 0 aliphatic rings. The van der Waals surface area contributed by atoms with E-state index in [0.717, 1.165) is 16.7 Å². The molecular formula is C18H19Cl2NO2. The Morgan fingerprint density at radius 3 is 2.61 bits per heavy atom. The first-order chi connectivity index (χ1) is 10.9. The number of carbonyl (C=O) groups excluding carboxylic acids is 1. The average molecular weight is 352 g/mol. The summed E-state index contributed by atoms with van der Waals surface area (Å²) in [5.41, 5.74) is 3.41. The molecule has 0 aromatic heterocycles. The van der Waals surface area contributed by atoms with Crippen molar-refractivity contribution in [2.45, 2.75) is 26.8 Å². The Hall–Kier alpha value is -1.71. The van der Waals surface area contributed by atoms with Crippen molar-refractivity contribution < 1.29 is 9.53 Å². The molecule has 0 aliphatic heterocycles. The lowest BCUT2D eigenvalue weighted by Crippen LogP contribution is -2.31. The van der Waals surface area contributed by atoms with Gasteiger partial charge in [0.15, 0.2) is 6.61 Å². The molecule has 1 amide bonds. The number of amides is 1. The summed E-state index contributed by atoms with van der Waals surface area (Å²) in [5, 5.41) is 3.84. The van der Waals surface area contributed by atoms with Crippen LogP contribution in [0.5, 0.6) is 5.75 Å². The van der Waals surface area contributed by atoms with Crippen molar-refractivity contribution >= 4 is 29.1 Å². The Balaban J connectivity index is 1.95. The van der Waals surface area contributed by atoms with Crippen molar-refractivity contribution in [1.82, 2.24) is 5.32 Å². The normalized spacial score (nSPS) is 11.9. The molecule has 2 aromatic carbocycles. The molecular weight excluding hydrogens is 333 g/mol. The first-order valence-electron chi connectivity index (χ1n) is 7.31. The van der Waals surface area contributed by atoms with Crippen LogP contribution in [-0.2, 0) is 4.79 Å².